The molecule has 1 fully saturated rings. The number of benzene rings is 3. The van der Waals surface area contributed by atoms with E-state index in [-0.39, 0.29) is 11.7 Å². The van der Waals surface area contributed by atoms with Crippen LogP contribution < -0.4 is 4.74 Å². The Morgan fingerprint density at radius 1 is 0.966 bits per heavy atom. The number of aliphatic hydroxyl groups is 1. The van der Waals surface area contributed by atoms with Gasteiger partial charge in [-0.05, 0) is 23.4 Å². The van der Waals surface area contributed by atoms with Crippen molar-refractivity contribution in [2.75, 3.05) is 25.4 Å². The zero-order valence-corrected chi connectivity index (χ0v) is 17.4. The average molecular weight is 406 g/mol. The molecule has 3 aromatic carbocycles. The van der Waals surface area contributed by atoms with Gasteiger partial charge < -0.3 is 14.7 Å². The molecule has 4 heteroatoms. The maximum Gasteiger partial charge on any atom is 0.141 e. The van der Waals surface area contributed by atoms with E-state index < -0.39 is 0 Å². The molecule has 0 aliphatic carbocycles. The number of rotatable bonds is 4. The van der Waals surface area contributed by atoms with Gasteiger partial charge in [-0.15, -0.1) is 11.8 Å². The van der Waals surface area contributed by atoms with Gasteiger partial charge in [-0.2, -0.15) is 0 Å². The first-order valence-corrected chi connectivity index (χ1v) is 11.5. The van der Waals surface area contributed by atoms with Crippen LogP contribution in [0.1, 0.15) is 18.4 Å². The number of nitrogens with zero attached hydrogens (tertiary/aromatic N) is 1. The van der Waals surface area contributed by atoms with Crippen molar-refractivity contribution in [1.29, 1.82) is 0 Å². The summed E-state index contributed by atoms with van der Waals surface area (Å²) >= 11 is 1.93. The van der Waals surface area contributed by atoms with Crippen molar-refractivity contribution in [1.82, 2.24) is 4.90 Å². The van der Waals surface area contributed by atoms with E-state index in [1.54, 1.807) is 0 Å². The van der Waals surface area contributed by atoms with Crippen molar-refractivity contribution < 1.29 is 9.84 Å². The summed E-state index contributed by atoms with van der Waals surface area (Å²) in [4.78, 5) is 3.65. The summed E-state index contributed by atoms with van der Waals surface area (Å²) < 4.78 is 6.71. The first kappa shape index (κ1) is 19.0. The van der Waals surface area contributed by atoms with Crippen molar-refractivity contribution in [2.24, 2.45) is 0 Å². The zero-order valence-electron chi connectivity index (χ0n) is 16.6. The lowest BCUT2D eigenvalue weighted by Crippen LogP contribution is -2.52. The highest BCUT2D eigenvalue weighted by atomic mass is 32.2. The lowest BCUT2D eigenvalue weighted by Gasteiger charge is -2.44. The number of β-amino-alcohol motifs (C(OH)–C–C–N with tert-alkyl or cyclic N) is 1. The first-order chi connectivity index (χ1) is 14.2. The van der Waals surface area contributed by atoms with E-state index in [4.69, 9.17) is 4.74 Å². The van der Waals surface area contributed by atoms with E-state index >= 15 is 0 Å². The number of aliphatic hydroxyl groups excluding tert-OH is 1. The number of hydrogen-bond acceptors (Lipinski definition) is 4. The summed E-state index contributed by atoms with van der Waals surface area (Å²) in [6, 6.07) is 23.1. The predicted molar refractivity (Wildman–Crippen MR) is 120 cm³/mol. The van der Waals surface area contributed by atoms with E-state index in [0.29, 0.717) is 6.42 Å². The summed E-state index contributed by atoms with van der Waals surface area (Å²) in [7, 11) is 0. The number of likely N-dealkylation sites (tertiary alicyclic amines) is 1. The van der Waals surface area contributed by atoms with Crippen molar-refractivity contribution >= 4 is 22.5 Å². The van der Waals surface area contributed by atoms with Crippen LogP contribution in [0.3, 0.4) is 0 Å². The number of ether oxygens (including phenoxy) is 1. The minimum atomic E-state index is -0.322. The van der Waals surface area contributed by atoms with Crippen LogP contribution in [0.4, 0.5) is 0 Å². The Hall–Kier alpha value is -2.01. The van der Waals surface area contributed by atoms with Crippen molar-refractivity contribution in [3.63, 3.8) is 0 Å². The monoisotopic (exact) mass is 405 g/mol. The molecule has 0 saturated carbocycles. The number of thioether (sulfide) groups is 1. The molecule has 1 atom stereocenters. The quantitative estimate of drug-likeness (QED) is 0.678. The van der Waals surface area contributed by atoms with Gasteiger partial charge >= 0.3 is 0 Å². The van der Waals surface area contributed by atoms with E-state index in [1.807, 2.05) is 30.0 Å². The number of hydrogen-bond donors (Lipinski definition) is 1. The molecule has 1 spiro atoms. The van der Waals surface area contributed by atoms with Crippen LogP contribution in [-0.4, -0.2) is 47.1 Å². The molecule has 150 valence electrons. The molecular weight excluding hydrogens is 378 g/mol. The summed E-state index contributed by atoms with van der Waals surface area (Å²) in [6.07, 6.45) is 2.42. The lowest BCUT2D eigenvalue weighted by molar-refractivity contribution is 0.00322. The summed E-state index contributed by atoms with van der Waals surface area (Å²) in [6.45, 7) is 2.69. The van der Waals surface area contributed by atoms with Crippen LogP contribution in [0.25, 0.3) is 10.8 Å². The SMILES string of the molecule is OC(Cc1ccccc1)CN1CCC2(CC1)CSc1ccc3ccccc3c1O2. The van der Waals surface area contributed by atoms with Crippen LogP contribution in [0.2, 0.25) is 0 Å². The molecule has 0 bridgehead atoms. The van der Waals surface area contributed by atoms with Gasteiger partial charge in [-0.25, -0.2) is 0 Å². The van der Waals surface area contributed by atoms with Gasteiger partial charge in [-0.3, -0.25) is 0 Å². The molecule has 3 aromatic rings. The fourth-order valence-electron chi connectivity index (χ4n) is 4.54. The predicted octanol–water partition coefficient (Wildman–Crippen LogP) is 4.76. The zero-order chi connectivity index (χ0) is 19.7. The third-order valence-electron chi connectivity index (χ3n) is 6.20. The highest BCUT2D eigenvalue weighted by molar-refractivity contribution is 7.99. The highest BCUT2D eigenvalue weighted by Gasteiger charge is 2.40. The fraction of sp³-hybridized carbons (Fsp3) is 0.360. The Morgan fingerprint density at radius 3 is 2.55 bits per heavy atom. The molecule has 2 aliphatic rings. The summed E-state index contributed by atoms with van der Waals surface area (Å²) in [5.74, 6) is 2.08. The van der Waals surface area contributed by atoms with E-state index in [2.05, 4.69) is 53.4 Å². The largest absolute Gasteiger partial charge is 0.484 e. The second-order valence-corrected chi connectivity index (χ2v) is 9.35. The van der Waals surface area contributed by atoms with Crippen molar-refractivity contribution in [2.45, 2.75) is 35.9 Å². The molecule has 1 unspecified atom stereocenters. The average Bonchev–Trinajstić information content (AvgIpc) is 2.76. The lowest BCUT2D eigenvalue weighted by atomic mass is 9.92. The molecule has 0 amide bonds. The highest BCUT2D eigenvalue weighted by Crippen LogP contribution is 2.46. The van der Waals surface area contributed by atoms with Crippen molar-refractivity contribution in [3.8, 4) is 5.75 Å². The van der Waals surface area contributed by atoms with E-state index in [1.165, 1.54) is 21.2 Å². The Balaban J connectivity index is 1.23. The van der Waals surface area contributed by atoms with Crippen molar-refractivity contribution in [3.05, 3.63) is 72.3 Å². The summed E-state index contributed by atoms with van der Waals surface area (Å²) in [5, 5.41) is 13.0. The van der Waals surface area contributed by atoms with Gasteiger partial charge in [0.15, 0.2) is 0 Å². The minimum absolute atomic E-state index is 0.0807. The van der Waals surface area contributed by atoms with Gasteiger partial charge in [0, 0.05) is 43.6 Å². The van der Waals surface area contributed by atoms with Gasteiger partial charge in [0.1, 0.15) is 11.4 Å². The molecule has 5 rings (SSSR count). The smallest absolute Gasteiger partial charge is 0.141 e. The molecule has 3 nitrogen and oxygen atoms in total. The Kier molecular flexibility index (Phi) is 5.25. The second kappa shape index (κ2) is 8.02. The van der Waals surface area contributed by atoms with Crippen LogP contribution in [0, 0.1) is 0 Å². The second-order valence-electron chi connectivity index (χ2n) is 8.33. The van der Waals surface area contributed by atoms with Gasteiger partial charge in [0.05, 0.1) is 11.0 Å². The van der Waals surface area contributed by atoms with Crippen LogP contribution in [0.5, 0.6) is 5.75 Å². The first-order valence-electron chi connectivity index (χ1n) is 10.5. The maximum absolute atomic E-state index is 10.5. The minimum Gasteiger partial charge on any atom is -0.484 e. The standard InChI is InChI=1S/C25H27NO2S/c27-21(16-19-6-2-1-3-7-19)17-26-14-12-25(13-15-26)18-29-23-11-10-20-8-4-5-9-22(20)24(23)28-25/h1-11,21,27H,12-18H2. The van der Waals surface area contributed by atoms with Gasteiger partial charge in [0.2, 0.25) is 0 Å². The molecule has 1 saturated heterocycles. The third kappa shape index (κ3) is 4.02. The van der Waals surface area contributed by atoms with E-state index in [0.717, 1.165) is 44.0 Å². The van der Waals surface area contributed by atoms with Gasteiger partial charge in [-0.1, -0.05) is 60.7 Å². The fourth-order valence-corrected chi connectivity index (χ4v) is 5.75. The number of piperidine rings is 1. The molecule has 29 heavy (non-hydrogen) atoms. The molecule has 2 heterocycles. The van der Waals surface area contributed by atoms with Crippen LogP contribution in [-0.2, 0) is 6.42 Å². The molecule has 1 N–H and O–H groups in total. The molecule has 0 aromatic heterocycles. The normalized spacial score (nSPS) is 19.6. The Labute approximate surface area is 176 Å². The molecule has 0 radical (unpaired) electrons. The topological polar surface area (TPSA) is 32.7 Å². The van der Waals surface area contributed by atoms with Gasteiger partial charge in [0.25, 0.3) is 0 Å². The molecular formula is C25H27NO2S. The van der Waals surface area contributed by atoms with Crippen LogP contribution in [0.15, 0.2) is 71.6 Å². The Morgan fingerprint density at radius 2 is 1.72 bits per heavy atom. The molecule has 2 aliphatic heterocycles. The van der Waals surface area contributed by atoms with E-state index in [9.17, 15) is 5.11 Å². The Bertz CT molecular complexity index is 983. The summed E-state index contributed by atoms with van der Waals surface area (Å²) in [5.41, 5.74) is 1.12. The maximum atomic E-state index is 10.5. The number of fused-ring (bicyclic) bond motifs is 3. The third-order valence-corrected chi connectivity index (χ3v) is 7.51. The van der Waals surface area contributed by atoms with Crippen LogP contribution >= 0.6 is 11.8 Å².